The molecule has 4 aliphatic rings. The van der Waals surface area contributed by atoms with Crippen molar-refractivity contribution in [1.29, 1.82) is 0 Å². The molecular weight excluding hydrogens is 747 g/mol. The highest BCUT2D eigenvalue weighted by atomic mass is 16.5. The Kier molecular flexibility index (Phi) is 11.9. The number of nitrogens with one attached hydrogen (secondary N) is 3. The number of rotatable bonds is 10. The fourth-order valence-corrected chi connectivity index (χ4v) is 9.19. The first-order valence-electron chi connectivity index (χ1n) is 20.7. The van der Waals surface area contributed by atoms with Gasteiger partial charge in [-0.05, 0) is 71.9 Å². The third-order valence-corrected chi connectivity index (χ3v) is 12.3. The van der Waals surface area contributed by atoms with Crippen LogP contribution in [-0.4, -0.2) is 88.9 Å². The van der Waals surface area contributed by atoms with Crippen molar-refractivity contribution in [3.63, 3.8) is 0 Å². The van der Waals surface area contributed by atoms with Crippen molar-refractivity contribution < 1.29 is 28.7 Å². The molecule has 3 N–H and O–H groups in total. The van der Waals surface area contributed by atoms with Crippen molar-refractivity contribution >= 4 is 35.3 Å². The van der Waals surface area contributed by atoms with Crippen LogP contribution in [0.1, 0.15) is 86.8 Å². The zero-order valence-electron chi connectivity index (χ0n) is 33.6. The van der Waals surface area contributed by atoms with E-state index in [2.05, 4.69) is 64.1 Å². The largest absolute Gasteiger partial charge is 0.453 e. The Morgan fingerprint density at radius 2 is 1.37 bits per heavy atom. The van der Waals surface area contributed by atoms with E-state index in [0.29, 0.717) is 30.9 Å². The van der Waals surface area contributed by atoms with Gasteiger partial charge in [0.1, 0.15) is 11.9 Å². The second kappa shape index (κ2) is 17.7. The minimum Gasteiger partial charge on any atom is -0.453 e. The Labute approximate surface area is 344 Å². The molecule has 8 rings (SSSR count). The van der Waals surface area contributed by atoms with E-state index >= 15 is 0 Å². The van der Waals surface area contributed by atoms with Crippen molar-refractivity contribution in [1.82, 2.24) is 30.4 Å². The second-order valence-electron chi connectivity index (χ2n) is 15.8. The average Bonchev–Trinajstić information content (AvgIpc) is 4.13. The van der Waals surface area contributed by atoms with Crippen LogP contribution in [0.3, 0.4) is 0 Å². The number of imidazole rings is 1. The number of ether oxygens (including phenoxy) is 2. The van der Waals surface area contributed by atoms with Gasteiger partial charge < -0.3 is 34.9 Å². The monoisotopic (exact) mass is 797 g/mol. The fourth-order valence-electron chi connectivity index (χ4n) is 9.19. The molecule has 3 fully saturated rings. The topological polar surface area (TPSA) is 158 Å². The molecule has 0 bridgehead atoms. The number of hydrogen-bond acceptors (Lipinski definition) is 8. The SMILES string of the molecule is COC(=O)N[C@@H](C(=O)N1CCC[C@H]1c1ncc(-c2ccc(-c3ccc(C4=CN=C([C@@H]5CCCN5C(=O)[C@H]5CCCC[C@H]5NC(=O)OC)C4)cc3)cc2)[nH]1)c1ccccc1. The lowest BCUT2D eigenvalue weighted by Crippen LogP contribution is -2.51. The van der Waals surface area contributed by atoms with Crippen molar-refractivity contribution in [3.8, 4) is 22.4 Å². The van der Waals surface area contributed by atoms with Crippen LogP contribution in [-0.2, 0) is 19.1 Å². The number of H-pyrrole nitrogens is 1. The molecule has 4 heterocycles. The maximum absolute atomic E-state index is 13.9. The van der Waals surface area contributed by atoms with E-state index in [-0.39, 0.29) is 35.9 Å². The number of benzene rings is 3. The second-order valence-corrected chi connectivity index (χ2v) is 15.8. The van der Waals surface area contributed by atoms with Gasteiger partial charge in [0, 0.05) is 37.5 Å². The van der Waals surface area contributed by atoms with Gasteiger partial charge in [-0.1, -0.05) is 91.7 Å². The van der Waals surface area contributed by atoms with Crippen molar-refractivity contribution in [3.05, 3.63) is 108 Å². The summed E-state index contributed by atoms with van der Waals surface area (Å²) in [5, 5.41) is 5.63. The Bertz CT molecular complexity index is 2220. The molecule has 0 unspecified atom stereocenters. The van der Waals surface area contributed by atoms with Crippen molar-refractivity contribution in [2.24, 2.45) is 10.9 Å². The van der Waals surface area contributed by atoms with Gasteiger partial charge in [0.05, 0.1) is 44.1 Å². The lowest BCUT2D eigenvalue weighted by Gasteiger charge is -2.35. The highest BCUT2D eigenvalue weighted by Gasteiger charge is 2.41. The normalized spacial score (nSPS) is 22.0. The van der Waals surface area contributed by atoms with Gasteiger partial charge in [-0.15, -0.1) is 0 Å². The van der Waals surface area contributed by atoms with E-state index in [4.69, 9.17) is 19.5 Å². The number of aliphatic imine (C=N–C) groups is 1. The van der Waals surface area contributed by atoms with Crippen LogP contribution in [0.4, 0.5) is 9.59 Å². The van der Waals surface area contributed by atoms with Gasteiger partial charge in [-0.25, -0.2) is 14.6 Å². The van der Waals surface area contributed by atoms with Crippen LogP contribution in [0.25, 0.3) is 28.0 Å². The Morgan fingerprint density at radius 1 is 0.729 bits per heavy atom. The number of likely N-dealkylation sites (tertiary alicyclic amines) is 2. The molecule has 13 heteroatoms. The molecule has 59 heavy (non-hydrogen) atoms. The zero-order valence-corrected chi connectivity index (χ0v) is 33.6. The molecule has 0 radical (unpaired) electrons. The van der Waals surface area contributed by atoms with E-state index in [1.807, 2.05) is 47.6 Å². The molecule has 4 aromatic rings. The van der Waals surface area contributed by atoms with E-state index in [9.17, 15) is 19.2 Å². The summed E-state index contributed by atoms with van der Waals surface area (Å²) in [6.07, 6.45) is 10.2. The van der Waals surface area contributed by atoms with Crippen molar-refractivity contribution in [2.45, 2.75) is 82.0 Å². The minimum absolute atomic E-state index is 0.0254. The number of methoxy groups -OCH3 is 2. The van der Waals surface area contributed by atoms with Gasteiger partial charge in [0.2, 0.25) is 5.91 Å². The summed E-state index contributed by atoms with van der Waals surface area (Å²) in [5.74, 6) is 0.377. The lowest BCUT2D eigenvalue weighted by molar-refractivity contribution is -0.137. The van der Waals surface area contributed by atoms with E-state index < -0.39 is 18.2 Å². The van der Waals surface area contributed by atoms with E-state index in [1.165, 1.54) is 14.2 Å². The Hall–Kier alpha value is -6.24. The molecule has 4 amide bonds. The number of carbonyl (C=O) groups is 4. The summed E-state index contributed by atoms with van der Waals surface area (Å²) in [6.45, 7) is 1.27. The summed E-state index contributed by atoms with van der Waals surface area (Å²) in [6, 6.07) is 24.7. The smallest absolute Gasteiger partial charge is 0.407 e. The number of allylic oxidation sites excluding steroid dienone is 1. The molecule has 5 atom stereocenters. The lowest BCUT2D eigenvalue weighted by atomic mass is 9.83. The molecule has 1 aliphatic carbocycles. The molecule has 1 aromatic heterocycles. The van der Waals surface area contributed by atoms with Gasteiger partial charge in [-0.3, -0.25) is 14.6 Å². The average molecular weight is 798 g/mol. The van der Waals surface area contributed by atoms with Gasteiger partial charge in [-0.2, -0.15) is 0 Å². The van der Waals surface area contributed by atoms with Crippen LogP contribution in [0.2, 0.25) is 0 Å². The van der Waals surface area contributed by atoms with Crippen LogP contribution >= 0.6 is 0 Å². The summed E-state index contributed by atoms with van der Waals surface area (Å²) >= 11 is 0. The predicted molar refractivity (Wildman–Crippen MR) is 224 cm³/mol. The number of aromatic amines is 1. The molecule has 3 aliphatic heterocycles. The zero-order chi connectivity index (χ0) is 40.9. The standard InChI is InChI=1S/C46H51N7O6/c1-58-45(56)50-36-13-7-6-12-35(36)43(54)52-24-8-14-39(52)37-26-34(27-47-37)31-18-16-29(17-19-31)30-20-22-32(23-21-30)38-28-48-42(49-38)40-15-9-25-53(40)44(55)41(51-46(57)59-2)33-10-4-3-5-11-33/h3-5,10-11,16-23,27-28,35-36,39-41H,6-9,12-15,24-26H2,1-2H3,(H,48,49)(H,50,56)(H,51,57)/t35-,36+,39-,40-,41+/m0/s1. The minimum atomic E-state index is -0.874. The van der Waals surface area contributed by atoms with Gasteiger partial charge in [0.25, 0.3) is 5.91 Å². The molecule has 1 saturated carbocycles. The molecule has 3 aromatic carbocycles. The maximum Gasteiger partial charge on any atom is 0.407 e. The van der Waals surface area contributed by atoms with Crippen LogP contribution in [0, 0.1) is 5.92 Å². The summed E-state index contributed by atoms with van der Waals surface area (Å²) in [7, 11) is 2.64. The Morgan fingerprint density at radius 3 is 2.08 bits per heavy atom. The first kappa shape index (κ1) is 39.6. The molecule has 13 nitrogen and oxygen atoms in total. The molecule has 306 valence electrons. The first-order valence-corrected chi connectivity index (χ1v) is 20.7. The number of aromatic nitrogens is 2. The third kappa shape index (κ3) is 8.50. The summed E-state index contributed by atoms with van der Waals surface area (Å²) < 4.78 is 9.67. The highest BCUT2D eigenvalue weighted by Crippen LogP contribution is 2.36. The maximum atomic E-state index is 13.9. The van der Waals surface area contributed by atoms with Crippen LogP contribution < -0.4 is 10.6 Å². The molecule has 2 saturated heterocycles. The summed E-state index contributed by atoms with van der Waals surface area (Å²) in [5.41, 5.74) is 7.97. The molecule has 0 spiro atoms. The fraction of sp³-hybridized carbons (Fsp3) is 0.391. The quantitative estimate of drug-likeness (QED) is 0.149. The number of hydrogen-bond donors (Lipinski definition) is 3. The third-order valence-electron chi connectivity index (χ3n) is 12.3. The van der Waals surface area contributed by atoms with E-state index in [0.717, 1.165) is 90.6 Å². The number of nitrogens with zero attached hydrogens (tertiary/aromatic N) is 4. The van der Waals surface area contributed by atoms with Gasteiger partial charge in [0.15, 0.2) is 0 Å². The number of carbonyl (C=O) groups excluding carboxylic acids is 4. The Balaban J connectivity index is 0.888. The van der Waals surface area contributed by atoms with Crippen LogP contribution in [0.5, 0.6) is 0 Å². The summed E-state index contributed by atoms with van der Waals surface area (Å²) in [4.78, 5) is 68.8. The van der Waals surface area contributed by atoms with Gasteiger partial charge >= 0.3 is 12.2 Å². The predicted octanol–water partition coefficient (Wildman–Crippen LogP) is 7.60. The highest BCUT2D eigenvalue weighted by molar-refractivity contribution is 6.03. The van der Waals surface area contributed by atoms with Crippen LogP contribution in [0.15, 0.2) is 96.3 Å². The first-order chi connectivity index (χ1) is 28.8. The van der Waals surface area contributed by atoms with Crippen molar-refractivity contribution in [2.75, 3.05) is 27.3 Å². The molecular formula is C46H51N7O6. The van der Waals surface area contributed by atoms with E-state index in [1.54, 1.807) is 4.90 Å². The number of amides is 4. The number of alkyl carbamates (subject to hydrolysis) is 2.